The molecule has 0 spiro atoms. The molecule has 8 nitrogen and oxygen atoms in total. The van der Waals surface area contributed by atoms with Crippen molar-refractivity contribution >= 4 is 42.4 Å². The zero-order valence-corrected chi connectivity index (χ0v) is 30.7. The van der Waals surface area contributed by atoms with Gasteiger partial charge < -0.3 is 30.7 Å². The van der Waals surface area contributed by atoms with Crippen molar-refractivity contribution in [2.75, 3.05) is 13.2 Å². The fraction of sp³-hybridized carbons (Fsp3) is 0.581. The van der Waals surface area contributed by atoms with Crippen molar-refractivity contribution in [2.24, 2.45) is 5.92 Å². The van der Waals surface area contributed by atoms with Crippen molar-refractivity contribution in [3.8, 4) is 17.2 Å². The third-order valence-electron chi connectivity index (χ3n) is 7.19. The van der Waals surface area contributed by atoms with E-state index >= 15 is 0 Å². The van der Waals surface area contributed by atoms with Gasteiger partial charge in [0.1, 0.15) is 17.2 Å². The third kappa shape index (κ3) is 13.8. The summed E-state index contributed by atoms with van der Waals surface area (Å²) in [6, 6.07) is 15.3. The highest BCUT2D eigenvalue weighted by Gasteiger charge is 2.40. The maximum Gasteiger partial charge on any atom is 0.362 e. The Hall–Kier alpha value is -1.78. The van der Waals surface area contributed by atoms with Crippen molar-refractivity contribution < 1.29 is 35.5 Å². The fourth-order valence-electron chi connectivity index (χ4n) is 4.63. The number of hydrogen-bond donors (Lipinski definition) is 0. The Morgan fingerprint density at radius 3 is 1.86 bits per heavy atom. The molecule has 2 aromatic rings. The fourth-order valence-corrected chi connectivity index (χ4v) is 16.6. The molecule has 3 rings (SSSR count). The van der Waals surface area contributed by atoms with Crippen LogP contribution in [-0.2, 0) is 16.5 Å². The van der Waals surface area contributed by atoms with Crippen LogP contribution < -0.4 is 14.2 Å². The van der Waals surface area contributed by atoms with E-state index in [4.69, 9.17) is 30.7 Å². The molecule has 43 heavy (non-hydrogen) atoms. The second kappa shape index (κ2) is 18.9. The van der Waals surface area contributed by atoms with Gasteiger partial charge in [0.15, 0.2) is 0 Å². The van der Waals surface area contributed by atoms with Gasteiger partial charge in [-0.3, -0.25) is 0 Å². The van der Waals surface area contributed by atoms with E-state index < -0.39 is 42.4 Å². The summed E-state index contributed by atoms with van der Waals surface area (Å²) in [4.78, 5) is 12.5. The van der Waals surface area contributed by atoms with Crippen LogP contribution in [-0.4, -0.2) is 55.6 Å². The van der Waals surface area contributed by atoms with Crippen LogP contribution in [0.4, 0.5) is 0 Å². The van der Waals surface area contributed by atoms with Crippen LogP contribution in [0.1, 0.15) is 75.6 Å². The monoisotopic (exact) mass is 661 g/mol. The standard InChI is InChI=1S/C31H49O8Si4/c1-7-26(2)25-34-29-19-21-30(22-20-29)35-31(32)27-15-17-28(18-16-27)33-23-13-11-9-8-10-12-14-24-43(6)38-41(4)36-40(3)37-42(5)39-43/h15-22,26H,7-14,23-25H2,1-6H3. The summed E-state index contributed by atoms with van der Waals surface area (Å²) in [6.07, 6.45) is 9.20. The number of rotatable bonds is 17. The molecule has 1 aliphatic heterocycles. The van der Waals surface area contributed by atoms with Crippen molar-refractivity contribution in [2.45, 2.75) is 97.4 Å². The highest BCUT2D eigenvalue weighted by Crippen LogP contribution is 2.24. The molecule has 0 aromatic heterocycles. The summed E-state index contributed by atoms with van der Waals surface area (Å²) in [5, 5.41) is 0. The van der Waals surface area contributed by atoms with E-state index in [2.05, 4.69) is 20.4 Å². The molecule has 1 heterocycles. The molecule has 0 aliphatic carbocycles. The summed E-state index contributed by atoms with van der Waals surface area (Å²) >= 11 is 0. The lowest BCUT2D eigenvalue weighted by Gasteiger charge is -2.35. The van der Waals surface area contributed by atoms with Crippen molar-refractivity contribution in [1.29, 1.82) is 0 Å². The van der Waals surface area contributed by atoms with Crippen LogP contribution in [0.15, 0.2) is 48.5 Å². The number of benzene rings is 2. The SMILES string of the molecule is CCC(C)COc1ccc(OC(=O)c2ccc(OCCCCCCCCC[Si]3(C)O[Si](C)O[Si](C)O[Si](C)O3)cc2)cc1. The van der Waals surface area contributed by atoms with E-state index in [-0.39, 0.29) is 0 Å². The first kappa shape index (κ1) is 35.7. The van der Waals surface area contributed by atoms with Crippen LogP contribution in [0, 0.1) is 5.92 Å². The summed E-state index contributed by atoms with van der Waals surface area (Å²) in [7, 11) is -6.05. The number of hydrogen-bond acceptors (Lipinski definition) is 8. The molecule has 0 bridgehead atoms. The lowest BCUT2D eigenvalue weighted by atomic mass is 10.1. The zero-order valence-electron chi connectivity index (χ0n) is 26.7. The predicted octanol–water partition coefficient (Wildman–Crippen LogP) is 7.95. The van der Waals surface area contributed by atoms with Crippen LogP contribution in [0.5, 0.6) is 17.2 Å². The number of ether oxygens (including phenoxy) is 3. The van der Waals surface area contributed by atoms with Crippen LogP contribution in [0.25, 0.3) is 0 Å². The first-order valence-electron chi connectivity index (χ1n) is 15.6. The van der Waals surface area contributed by atoms with Gasteiger partial charge in [0, 0.05) is 0 Å². The van der Waals surface area contributed by atoms with Crippen LogP contribution in [0.2, 0.25) is 32.2 Å². The second-order valence-corrected chi connectivity index (χ2v) is 20.3. The number of carbonyl (C=O) groups is 1. The molecule has 1 unspecified atom stereocenters. The smallest absolute Gasteiger partial charge is 0.362 e. The Morgan fingerprint density at radius 2 is 1.26 bits per heavy atom. The Labute approximate surface area is 265 Å². The number of unbranched alkanes of at least 4 members (excludes halogenated alkanes) is 6. The van der Waals surface area contributed by atoms with E-state index in [1.165, 1.54) is 25.7 Å². The van der Waals surface area contributed by atoms with E-state index in [1.54, 1.807) is 24.3 Å². The van der Waals surface area contributed by atoms with Gasteiger partial charge in [-0.1, -0.05) is 58.8 Å². The molecule has 12 heteroatoms. The molecule has 2 aromatic carbocycles. The molecule has 0 amide bonds. The maximum absolute atomic E-state index is 12.5. The highest BCUT2D eigenvalue weighted by molar-refractivity contribution is 6.81. The van der Waals surface area contributed by atoms with E-state index in [0.717, 1.165) is 43.2 Å². The Morgan fingerprint density at radius 1 is 0.744 bits per heavy atom. The number of carbonyl (C=O) groups excluding carboxylic acids is 1. The molecule has 0 N–H and O–H groups in total. The van der Waals surface area contributed by atoms with Gasteiger partial charge in [-0.25, -0.2) is 4.79 Å². The molecule has 3 radical (unpaired) electrons. The molecular formula is C31H49O8Si4. The Kier molecular flexibility index (Phi) is 15.7. The van der Waals surface area contributed by atoms with E-state index in [1.807, 2.05) is 43.9 Å². The highest BCUT2D eigenvalue weighted by atomic mass is 28.5. The average molecular weight is 662 g/mol. The van der Waals surface area contributed by atoms with Crippen molar-refractivity contribution in [1.82, 2.24) is 0 Å². The number of esters is 1. The lowest BCUT2D eigenvalue weighted by Crippen LogP contribution is -2.52. The maximum atomic E-state index is 12.5. The Balaban J connectivity index is 1.24. The molecule has 237 valence electrons. The van der Waals surface area contributed by atoms with Crippen molar-refractivity contribution in [3.63, 3.8) is 0 Å². The molecule has 0 saturated carbocycles. The van der Waals surface area contributed by atoms with Gasteiger partial charge >= 0.3 is 42.4 Å². The minimum Gasteiger partial charge on any atom is -0.494 e. The quantitative estimate of drug-likeness (QED) is 0.0732. The molecule has 1 atom stereocenters. The van der Waals surface area contributed by atoms with Gasteiger partial charge in [-0.05, 0) is 93.1 Å². The largest absolute Gasteiger partial charge is 0.494 e. The average Bonchev–Trinajstić information content (AvgIpc) is 2.96. The van der Waals surface area contributed by atoms with Crippen LogP contribution >= 0.6 is 0 Å². The molecule has 1 aliphatic rings. The first-order valence-corrected chi connectivity index (χ1v) is 23.6. The van der Waals surface area contributed by atoms with Crippen LogP contribution in [0.3, 0.4) is 0 Å². The van der Waals surface area contributed by atoms with Gasteiger partial charge in [-0.15, -0.1) is 0 Å². The van der Waals surface area contributed by atoms with Gasteiger partial charge in [0.2, 0.25) is 0 Å². The summed E-state index contributed by atoms with van der Waals surface area (Å²) in [6.45, 7) is 13.9. The van der Waals surface area contributed by atoms with Gasteiger partial charge in [0.25, 0.3) is 0 Å². The summed E-state index contributed by atoms with van der Waals surface area (Å²) < 4.78 is 41.7. The third-order valence-corrected chi connectivity index (χ3v) is 18.8. The van der Waals surface area contributed by atoms with Gasteiger partial charge in [-0.2, -0.15) is 0 Å². The minimum absolute atomic E-state index is 0.397. The van der Waals surface area contributed by atoms with Crippen molar-refractivity contribution in [3.05, 3.63) is 54.1 Å². The molecular weight excluding hydrogens is 613 g/mol. The lowest BCUT2D eigenvalue weighted by molar-refractivity contribution is 0.0734. The predicted molar refractivity (Wildman–Crippen MR) is 176 cm³/mol. The molecule has 1 saturated heterocycles. The second-order valence-electron chi connectivity index (χ2n) is 11.3. The summed E-state index contributed by atoms with van der Waals surface area (Å²) in [5.41, 5.74) is 0.485. The normalized spacial score (nSPS) is 17.2. The topological polar surface area (TPSA) is 81.7 Å². The summed E-state index contributed by atoms with van der Waals surface area (Å²) in [5.74, 6) is 2.12. The first-order chi connectivity index (χ1) is 20.7. The van der Waals surface area contributed by atoms with Gasteiger partial charge in [0.05, 0.1) is 18.8 Å². The minimum atomic E-state index is -2.22. The van der Waals surface area contributed by atoms with E-state index in [0.29, 0.717) is 30.4 Å². The van der Waals surface area contributed by atoms with E-state index in [9.17, 15) is 4.79 Å². The Bertz CT molecular complexity index is 1060. The zero-order chi connectivity index (χ0) is 31.1. The molecule has 1 fully saturated rings.